The summed E-state index contributed by atoms with van der Waals surface area (Å²) in [5.74, 6) is 0.501. The molecule has 1 aromatic carbocycles. The van der Waals surface area contributed by atoms with Crippen LogP contribution in [-0.2, 0) is 9.53 Å². The Balaban J connectivity index is 2.64. The zero-order chi connectivity index (χ0) is 13.4. The number of benzene rings is 1. The number of anilines is 1. The lowest BCUT2D eigenvalue weighted by molar-refractivity contribution is -0.136. The quantitative estimate of drug-likeness (QED) is 0.622. The Labute approximate surface area is 108 Å². The molecule has 4 nitrogen and oxygen atoms in total. The van der Waals surface area contributed by atoms with E-state index >= 15 is 0 Å². The van der Waals surface area contributed by atoms with Crippen molar-refractivity contribution in [3.63, 3.8) is 0 Å². The molecule has 0 saturated heterocycles. The zero-order valence-electron chi connectivity index (χ0n) is 11.0. The van der Waals surface area contributed by atoms with Crippen LogP contribution in [0.3, 0.4) is 0 Å². The molecule has 1 rings (SSSR count). The normalized spacial score (nSPS) is 10.9. The summed E-state index contributed by atoms with van der Waals surface area (Å²) >= 11 is 0. The van der Waals surface area contributed by atoms with Crippen LogP contribution in [0.1, 0.15) is 13.3 Å². The molecule has 1 aromatic rings. The van der Waals surface area contributed by atoms with Gasteiger partial charge in [0.1, 0.15) is 5.75 Å². The van der Waals surface area contributed by atoms with Crippen LogP contribution >= 0.6 is 0 Å². The first-order chi connectivity index (χ1) is 8.72. The number of carbonyl (C=O) groups excluding carboxylic acids is 1. The van der Waals surface area contributed by atoms with Crippen molar-refractivity contribution in [3.8, 4) is 5.75 Å². The van der Waals surface area contributed by atoms with Gasteiger partial charge in [0.25, 0.3) is 0 Å². The van der Waals surface area contributed by atoms with Crippen molar-refractivity contribution in [2.24, 2.45) is 0 Å². The molecule has 18 heavy (non-hydrogen) atoms. The Hall–Kier alpha value is -1.97. The van der Waals surface area contributed by atoms with E-state index in [9.17, 15) is 4.79 Å². The van der Waals surface area contributed by atoms with Crippen molar-refractivity contribution in [3.05, 3.63) is 35.9 Å². The van der Waals surface area contributed by atoms with E-state index in [1.54, 1.807) is 7.11 Å². The van der Waals surface area contributed by atoms with E-state index in [2.05, 4.69) is 5.32 Å². The molecular weight excluding hydrogens is 230 g/mol. The monoisotopic (exact) mass is 249 g/mol. The Bertz CT molecular complexity index is 427. The van der Waals surface area contributed by atoms with E-state index < -0.39 is 0 Å². The molecule has 0 saturated carbocycles. The smallest absolute Gasteiger partial charge is 0.333 e. The molecule has 0 amide bonds. The molecule has 1 N–H and O–H groups in total. The van der Waals surface area contributed by atoms with Crippen LogP contribution < -0.4 is 10.1 Å². The van der Waals surface area contributed by atoms with Crippen molar-refractivity contribution in [1.29, 1.82) is 0 Å². The Morgan fingerprint density at radius 1 is 1.33 bits per heavy atom. The van der Waals surface area contributed by atoms with Crippen LogP contribution in [0.25, 0.3) is 0 Å². The molecular formula is C14H19NO3. The van der Waals surface area contributed by atoms with Crippen molar-refractivity contribution < 1.29 is 14.3 Å². The second kappa shape index (κ2) is 7.37. The van der Waals surface area contributed by atoms with Crippen molar-refractivity contribution >= 4 is 11.7 Å². The lowest BCUT2D eigenvalue weighted by atomic mass is 10.2. The van der Waals surface area contributed by atoms with Gasteiger partial charge in [0.05, 0.1) is 19.9 Å². The first kappa shape index (κ1) is 14.1. The fourth-order valence-corrected chi connectivity index (χ4v) is 1.58. The van der Waals surface area contributed by atoms with Crippen LogP contribution in [0.4, 0.5) is 5.69 Å². The van der Waals surface area contributed by atoms with Gasteiger partial charge < -0.3 is 14.8 Å². The molecule has 0 fully saturated rings. The van der Waals surface area contributed by atoms with E-state index in [-0.39, 0.29) is 5.97 Å². The zero-order valence-corrected chi connectivity index (χ0v) is 11.0. The molecule has 0 aliphatic carbocycles. The van der Waals surface area contributed by atoms with Gasteiger partial charge in [-0.25, -0.2) is 4.79 Å². The highest BCUT2D eigenvalue weighted by Crippen LogP contribution is 2.22. The molecule has 0 heterocycles. The second-order valence-electron chi connectivity index (χ2n) is 3.66. The van der Waals surface area contributed by atoms with Gasteiger partial charge in [0, 0.05) is 12.1 Å². The number of hydrogen-bond donors (Lipinski definition) is 1. The average molecular weight is 249 g/mol. The van der Waals surface area contributed by atoms with Crippen LogP contribution in [0, 0.1) is 0 Å². The minimum Gasteiger partial charge on any atom is -0.495 e. The van der Waals surface area contributed by atoms with Crippen LogP contribution in [0.2, 0.25) is 0 Å². The van der Waals surface area contributed by atoms with Gasteiger partial charge in [-0.05, 0) is 18.6 Å². The number of nitrogens with one attached hydrogen (secondary N) is 1. The summed E-state index contributed by atoms with van der Waals surface area (Å²) in [5.41, 5.74) is 1.57. The lowest BCUT2D eigenvalue weighted by Gasteiger charge is -2.09. The predicted molar refractivity (Wildman–Crippen MR) is 71.9 cm³/mol. The standard InChI is InChI=1S/C14H19NO3/c1-4-11(14(16)18-3)9-10-15-12-7-5-6-8-13(12)17-2/h5-9,15H,4,10H2,1-3H3/b11-9-. The average Bonchev–Trinajstić information content (AvgIpc) is 2.43. The van der Waals surface area contributed by atoms with Gasteiger partial charge >= 0.3 is 5.97 Å². The van der Waals surface area contributed by atoms with Gasteiger partial charge in [-0.1, -0.05) is 25.1 Å². The predicted octanol–water partition coefficient (Wildman–Crippen LogP) is 2.62. The molecule has 0 aliphatic rings. The Kier molecular flexibility index (Phi) is 5.77. The number of rotatable bonds is 6. The highest BCUT2D eigenvalue weighted by atomic mass is 16.5. The molecule has 0 unspecified atom stereocenters. The third-order valence-electron chi connectivity index (χ3n) is 2.58. The Morgan fingerprint density at radius 2 is 2.06 bits per heavy atom. The molecule has 0 spiro atoms. The molecule has 0 bridgehead atoms. The molecule has 0 atom stereocenters. The van der Waals surface area contributed by atoms with Crippen LogP contribution in [0.5, 0.6) is 5.75 Å². The second-order valence-corrected chi connectivity index (χ2v) is 3.66. The fraction of sp³-hybridized carbons (Fsp3) is 0.357. The number of hydrogen-bond acceptors (Lipinski definition) is 4. The Morgan fingerprint density at radius 3 is 2.67 bits per heavy atom. The maximum atomic E-state index is 11.4. The maximum Gasteiger partial charge on any atom is 0.333 e. The molecule has 0 aromatic heterocycles. The van der Waals surface area contributed by atoms with E-state index in [1.165, 1.54) is 7.11 Å². The number of esters is 1. The summed E-state index contributed by atoms with van der Waals surface area (Å²) in [6.07, 6.45) is 2.48. The summed E-state index contributed by atoms with van der Waals surface area (Å²) < 4.78 is 9.91. The fourth-order valence-electron chi connectivity index (χ4n) is 1.58. The minimum absolute atomic E-state index is 0.278. The third-order valence-corrected chi connectivity index (χ3v) is 2.58. The van der Waals surface area contributed by atoms with Crippen LogP contribution in [0.15, 0.2) is 35.9 Å². The maximum absolute atomic E-state index is 11.4. The topological polar surface area (TPSA) is 47.6 Å². The third kappa shape index (κ3) is 3.80. The van der Waals surface area contributed by atoms with E-state index in [0.717, 1.165) is 11.4 Å². The van der Waals surface area contributed by atoms with Gasteiger partial charge in [-0.3, -0.25) is 0 Å². The summed E-state index contributed by atoms with van der Waals surface area (Å²) in [4.78, 5) is 11.4. The van der Waals surface area contributed by atoms with Gasteiger partial charge in [-0.2, -0.15) is 0 Å². The number of ether oxygens (including phenoxy) is 2. The molecule has 4 heteroatoms. The lowest BCUT2D eigenvalue weighted by Crippen LogP contribution is -2.07. The SMILES string of the molecule is CC/C(=C/CNc1ccccc1OC)C(=O)OC. The molecule has 98 valence electrons. The van der Waals surface area contributed by atoms with E-state index in [0.29, 0.717) is 18.5 Å². The number of para-hydroxylation sites is 2. The van der Waals surface area contributed by atoms with E-state index in [4.69, 9.17) is 9.47 Å². The first-order valence-electron chi connectivity index (χ1n) is 5.87. The highest BCUT2D eigenvalue weighted by molar-refractivity contribution is 5.88. The molecule has 0 aliphatic heterocycles. The van der Waals surface area contributed by atoms with Crippen molar-refractivity contribution in [2.75, 3.05) is 26.1 Å². The largest absolute Gasteiger partial charge is 0.495 e. The number of carbonyl (C=O) groups is 1. The number of methoxy groups -OCH3 is 2. The summed E-state index contributed by atoms with van der Waals surface area (Å²) in [5, 5.41) is 3.20. The molecule has 0 radical (unpaired) electrons. The first-order valence-corrected chi connectivity index (χ1v) is 5.87. The van der Waals surface area contributed by atoms with Crippen molar-refractivity contribution in [1.82, 2.24) is 0 Å². The van der Waals surface area contributed by atoms with Gasteiger partial charge in [0.2, 0.25) is 0 Å². The van der Waals surface area contributed by atoms with E-state index in [1.807, 2.05) is 37.3 Å². The van der Waals surface area contributed by atoms with Gasteiger partial charge in [0.15, 0.2) is 0 Å². The minimum atomic E-state index is -0.278. The van der Waals surface area contributed by atoms with Crippen molar-refractivity contribution in [2.45, 2.75) is 13.3 Å². The highest BCUT2D eigenvalue weighted by Gasteiger charge is 2.06. The summed E-state index contributed by atoms with van der Waals surface area (Å²) in [6, 6.07) is 7.64. The van der Waals surface area contributed by atoms with Crippen LogP contribution in [-0.4, -0.2) is 26.7 Å². The summed E-state index contributed by atoms with van der Waals surface area (Å²) in [7, 11) is 3.02. The summed E-state index contributed by atoms with van der Waals surface area (Å²) in [6.45, 7) is 2.48. The van der Waals surface area contributed by atoms with Gasteiger partial charge in [-0.15, -0.1) is 0 Å².